The predicted molar refractivity (Wildman–Crippen MR) is 119 cm³/mol. The van der Waals surface area contributed by atoms with Crippen molar-refractivity contribution >= 4 is 35.1 Å². The zero-order chi connectivity index (χ0) is 21.3. The standard InChI is InChI=1S/C23H32Cl2O4/c1-2-3-4-5-6-7-8-9-10-11-18-28-21(26)16-13-17-22(27)29-20-15-12-14-19(24)23(20)25/h10-12,14-15H,2-9,13,16-18H2,1H3/b11-10+. The molecule has 0 bridgehead atoms. The minimum Gasteiger partial charge on any atom is -0.461 e. The van der Waals surface area contributed by atoms with E-state index in [2.05, 4.69) is 13.0 Å². The third kappa shape index (κ3) is 12.6. The molecule has 162 valence electrons. The Labute approximate surface area is 184 Å². The van der Waals surface area contributed by atoms with Crippen LogP contribution in [0.4, 0.5) is 0 Å². The largest absolute Gasteiger partial charge is 0.461 e. The molecule has 0 atom stereocenters. The Bertz CT molecular complexity index is 644. The van der Waals surface area contributed by atoms with Gasteiger partial charge < -0.3 is 9.47 Å². The van der Waals surface area contributed by atoms with Gasteiger partial charge in [0.05, 0.1) is 5.02 Å². The lowest BCUT2D eigenvalue weighted by molar-refractivity contribution is -0.142. The fourth-order valence-electron chi connectivity index (χ4n) is 2.73. The first-order valence-electron chi connectivity index (χ1n) is 10.5. The van der Waals surface area contributed by atoms with Gasteiger partial charge in [-0.05, 0) is 31.4 Å². The Kier molecular flexibility index (Phi) is 14.3. The lowest BCUT2D eigenvalue weighted by atomic mass is 10.1. The van der Waals surface area contributed by atoms with Gasteiger partial charge in [0.15, 0.2) is 5.75 Å². The molecule has 0 fully saturated rings. The Morgan fingerprint density at radius 2 is 1.59 bits per heavy atom. The molecule has 0 radical (unpaired) electrons. The molecule has 0 unspecified atom stereocenters. The van der Waals surface area contributed by atoms with Crippen molar-refractivity contribution in [2.45, 2.75) is 77.6 Å². The molecule has 0 saturated heterocycles. The number of unbranched alkanes of at least 4 members (excludes halogenated alkanes) is 7. The molecule has 0 aliphatic rings. The maximum atomic E-state index is 11.8. The second kappa shape index (κ2) is 16.3. The lowest BCUT2D eigenvalue weighted by Gasteiger charge is -2.07. The first-order valence-corrected chi connectivity index (χ1v) is 11.3. The second-order valence-corrected chi connectivity index (χ2v) is 7.73. The van der Waals surface area contributed by atoms with Crippen LogP contribution < -0.4 is 4.74 Å². The molecule has 0 aliphatic heterocycles. The van der Waals surface area contributed by atoms with Crippen LogP contribution in [0.1, 0.15) is 77.6 Å². The van der Waals surface area contributed by atoms with Gasteiger partial charge in [-0.3, -0.25) is 9.59 Å². The molecule has 0 N–H and O–H groups in total. The van der Waals surface area contributed by atoms with Crippen molar-refractivity contribution in [3.63, 3.8) is 0 Å². The highest BCUT2D eigenvalue weighted by atomic mass is 35.5. The smallest absolute Gasteiger partial charge is 0.311 e. The maximum absolute atomic E-state index is 11.8. The van der Waals surface area contributed by atoms with Crippen molar-refractivity contribution < 1.29 is 19.1 Å². The van der Waals surface area contributed by atoms with Crippen LogP contribution in [0.25, 0.3) is 0 Å². The first-order chi connectivity index (χ1) is 14.0. The summed E-state index contributed by atoms with van der Waals surface area (Å²) in [4.78, 5) is 23.5. The highest BCUT2D eigenvalue weighted by Gasteiger charge is 2.11. The van der Waals surface area contributed by atoms with E-state index in [9.17, 15) is 9.59 Å². The van der Waals surface area contributed by atoms with E-state index in [1.807, 2.05) is 6.08 Å². The number of esters is 2. The number of allylic oxidation sites excluding steroid dienone is 1. The summed E-state index contributed by atoms with van der Waals surface area (Å²) in [6, 6.07) is 4.83. The van der Waals surface area contributed by atoms with Gasteiger partial charge >= 0.3 is 11.9 Å². The first kappa shape index (κ1) is 25.5. The maximum Gasteiger partial charge on any atom is 0.311 e. The molecule has 0 aromatic heterocycles. The van der Waals surface area contributed by atoms with Crippen molar-refractivity contribution in [1.82, 2.24) is 0 Å². The normalized spacial score (nSPS) is 11.0. The Morgan fingerprint density at radius 3 is 2.34 bits per heavy atom. The van der Waals surface area contributed by atoms with Crippen LogP contribution in [-0.2, 0) is 14.3 Å². The molecule has 1 aromatic rings. The molecule has 6 heteroatoms. The number of rotatable bonds is 15. The molecular formula is C23H32Cl2O4. The molecule has 1 aromatic carbocycles. The van der Waals surface area contributed by atoms with Crippen LogP contribution in [0.5, 0.6) is 5.75 Å². The Balaban J connectivity index is 2.03. The van der Waals surface area contributed by atoms with E-state index < -0.39 is 5.97 Å². The summed E-state index contributed by atoms with van der Waals surface area (Å²) in [5.74, 6) is -0.562. The van der Waals surface area contributed by atoms with Gasteiger partial charge in [0, 0.05) is 12.8 Å². The van der Waals surface area contributed by atoms with Crippen molar-refractivity contribution in [3.8, 4) is 5.75 Å². The average Bonchev–Trinajstić information content (AvgIpc) is 2.69. The topological polar surface area (TPSA) is 52.6 Å². The number of carbonyl (C=O) groups is 2. The predicted octanol–water partition coefficient (Wildman–Crippen LogP) is 7.31. The molecule has 0 amide bonds. The van der Waals surface area contributed by atoms with Gasteiger partial charge in [-0.25, -0.2) is 0 Å². The zero-order valence-electron chi connectivity index (χ0n) is 17.3. The molecule has 1 rings (SSSR count). The van der Waals surface area contributed by atoms with Crippen LogP contribution in [0.15, 0.2) is 30.4 Å². The van der Waals surface area contributed by atoms with Gasteiger partial charge in [-0.15, -0.1) is 0 Å². The lowest BCUT2D eigenvalue weighted by Crippen LogP contribution is -2.10. The highest BCUT2D eigenvalue weighted by Crippen LogP contribution is 2.31. The van der Waals surface area contributed by atoms with Crippen LogP contribution in [0.2, 0.25) is 10.0 Å². The van der Waals surface area contributed by atoms with Crippen LogP contribution in [0.3, 0.4) is 0 Å². The number of hydrogen-bond donors (Lipinski definition) is 0. The fraction of sp³-hybridized carbons (Fsp3) is 0.565. The second-order valence-electron chi connectivity index (χ2n) is 6.94. The summed E-state index contributed by atoms with van der Waals surface area (Å²) in [5.41, 5.74) is 0. The minimum absolute atomic E-state index is 0.103. The monoisotopic (exact) mass is 442 g/mol. The molecule has 0 saturated carbocycles. The van der Waals surface area contributed by atoms with E-state index in [1.165, 1.54) is 44.9 Å². The summed E-state index contributed by atoms with van der Waals surface area (Å²) >= 11 is 11.8. The SMILES string of the molecule is CCCCCCCCC/C=C/COC(=O)CCCC(=O)Oc1cccc(Cl)c1Cl. The molecule has 0 spiro atoms. The van der Waals surface area contributed by atoms with Gasteiger partial charge in [0.25, 0.3) is 0 Å². The summed E-state index contributed by atoms with van der Waals surface area (Å²) in [6.07, 6.45) is 14.6. The Hall–Kier alpha value is -1.52. The summed E-state index contributed by atoms with van der Waals surface area (Å²) in [5, 5.41) is 0.519. The number of ether oxygens (including phenoxy) is 2. The molecular weight excluding hydrogens is 411 g/mol. The third-order valence-corrected chi connectivity index (χ3v) is 5.18. The Morgan fingerprint density at radius 1 is 0.897 bits per heavy atom. The van der Waals surface area contributed by atoms with Gasteiger partial charge in [0.2, 0.25) is 0 Å². The average molecular weight is 443 g/mol. The number of halogens is 2. The third-order valence-electron chi connectivity index (χ3n) is 4.38. The summed E-state index contributed by atoms with van der Waals surface area (Å²) < 4.78 is 10.3. The number of carbonyl (C=O) groups excluding carboxylic acids is 2. The quantitative estimate of drug-likeness (QED) is 0.123. The summed E-state index contributed by atoms with van der Waals surface area (Å²) in [7, 11) is 0. The molecule has 4 nitrogen and oxygen atoms in total. The van der Waals surface area contributed by atoms with Crippen LogP contribution in [-0.4, -0.2) is 18.5 Å². The van der Waals surface area contributed by atoms with Gasteiger partial charge in [-0.2, -0.15) is 0 Å². The van der Waals surface area contributed by atoms with E-state index in [4.69, 9.17) is 32.7 Å². The van der Waals surface area contributed by atoms with Crippen molar-refractivity contribution in [2.24, 2.45) is 0 Å². The summed E-state index contributed by atoms with van der Waals surface area (Å²) in [6.45, 7) is 2.50. The van der Waals surface area contributed by atoms with Crippen molar-refractivity contribution in [1.29, 1.82) is 0 Å². The molecule has 0 aliphatic carbocycles. The molecule has 0 heterocycles. The van der Waals surface area contributed by atoms with Crippen LogP contribution in [0, 0.1) is 0 Å². The highest BCUT2D eigenvalue weighted by molar-refractivity contribution is 6.43. The fourth-order valence-corrected chi connectivity index (χ4v) is 3.06. The van der Waals surface area contributed by atoms with Gasteiger partial charge in [0.1, 0.15) is 11.6 Å². The van der Waals surface area contributed by atoms with E-state index in [1.54, 1.807) is 18.2 Å². The van der Waals surface area contributed by atoms with E-state index in [0.717, 1.165) is 6.42 Å². The van der Waals surface area contributed by atoms with Crippen molar-refractivity contribution in [2.75, 3.05) is 6.61 Å². The minimum atomic E-state index is -0.462. The number of hydrogen-bond acceptors (Lipinski definition) is 4. The number of benzene rings is 1. The molecule has 29 heavy (non-hydrogen) atoms. The van der Waals surface area contributed by atoms with Gasteiger partial charge in [-0.1, -0.05) is 86.9 Å². The van der Waals surface area contributed by atoms with E-state index in [-0.39, 0.29) is 36.2 Å². The zero-order valence-corrected chi connectivity index (χ0v) is 18.8. The van der Waals surface area contributed by atoms with Crippen molar-refractivity contribution in [3.05, 3.63) is 40.4 Å². The van der Waals surface area contributed by atoms with E-state index >= 15 is 0 Å². The van der Waals surface area contributed by atoms with E-state index in [0.29, 0.717) is 11.4 Å². The van der Waals surface area contributed by atoms with Crippen LogP contribution >= 0.6 is 23.2 Å².